The van der Waals surface area contributed by atoms with E-state index in [1.165, 1.54) is 5.01 Å². The van der Waals surface area contributed by atoms with Crippen LogP contribution < -0.4 is 5.32 Å². The van der Waals surface area contributed by atoms with E-state index in [2.05, 4.69) is 10.4 Å². The summed E-state index contributed by atoms with van der Waals surface area (Å²) >= 11 is 5.97. The van der Waals surface area contributed by atoms with Gasteiger partial charge in [-0.15, -0.1) is 0 Å². The molecule has 0 aromatic heterocycles. The number of halogens is 1. The maximum atomic E-state index is 12.6. The lowest BCUT2D eigenvalue weighted by Crippen LogP contribution is -2.37. The highest BCUT2D eigenvalue weighted by atomic mass is 35.5. The fraction of sp³-hybridized carbons (Fsp3) is 0.300. The molecule has 0 spiro atoms. The molecule has 1 aliphatic heterocycles. The molecule has 8 heteroatoms. The van der Waals surface area contributed by atoms with Crippen molar-refractivity contribution in [3.8, 4) is 0 Å². The van der Waals surface area contributed by atoms with Crippen LogP contribution in [0.3, 0.4) is 0 Å². The van der Waals surface area contributed by atoms with Gasteiger partial charge >= 0.3 is 6.03 Å². The van der Waals surface area contributed by atoms with E-state index in [1.54, 1.807) is 38.1 Å². The van der Waals surface area contributed by atoms with Crippen LogP contribution in [0.4, 0.5) is 10.5 Å². The number of carbonyl (C=O) groups excluding carboxylic acids is 1. The highest BCUT2D eigenvalue weighted by Gasteiger charge is 2.40. The van der Waals surface area contributed by atoms with E-state index in [0.717, 1.165) is 5.56 Å². The van der Waals surface area contributed by atoms with Crippen LogP contribution in [-0.2, 0) is 0 Å². The molecule has 1 unspecified atom stereocenters. The summed E-state index contributed by atoms with van der Waals surface area (Å²) in [5.41, 5.74) is 0.965. The summed E-state index contributed by atoms with van der Waals surface area (Å²) in [7, 11) is 0. The zero-order valence-electron chi connectivity index (χ0n) is 15.6. The predicted octanol–water partition coefficient (Wildman–Crippen LogP) is 4.65. The zero-order chi connectivity index (χ0) is 20.3. The Labute approximate surface area is 168 Å². The van der Waals surface area contributed by atoms with Crippen LogP contribution >= 0.6 is 11.6 Å². The first-order chi connectivity index (χ1) is 13.3. The van der Waals surface area contributed by atoms with Crippen LogP contribution in [0.15, 0.2) is 59.7 Å². The van der Waals surface area contributed by atoms with Gasteiger partial charge in [-0.2, -0.15) is 5.10 Å². The third-order valence-corrected chi connectivity index (χ3v) is 4.90. The lowest BCUT2D eigenvalue weighted by molar-refractivity contribution is -0.562. The Morgan fingerprint density at radius 1 is 1.25 bits per heavy atom. The van der Waals surface area contributed by atoms with Crippen molar-refractivity contribution in [1.82, 2.24) is 5.01 Å². The number of nitrogens with zero attached hydrogens (tertiary/aromatic N) is 3. The highest BCUT2D eigenvalue weighted by Crippen LogP contribution is 2.29. The van der Waals surface area contributed by atoms with E-state index >= 15 is 0 Å². The summed E-state index contributed by atoms with van der Waals surface area (Å²) in [6.07, 6.45) is 0.260. The molecule has 7 nitrogen and oxygen atoms in total. The lowest BCUT2D eigenvalue weighted by atomic mass is 9.86. The number of benzene rings is 2. The molecular formula is C20H21ClN4O3. The van der Waals surface area contributed by atoms with Crippen LogP contribution in [0.1, 0.15) is 25.8 Å². The first-order valence-electron chi connectivity index (χ1n) is 8.89. The van der Waals surface area contributed by atoms with Crippen molar-refractivity contribution in [3.63, 3.8) is 0 Å². The highest BCUT2D eigenvalue weighted by molar-refractivity contribution is 6.30. The number of hydrogen-bond acceptors (Lipinski definition) is 4. The van der Waals surface area contributed by atoms with Crippen LogP contribution in [0, 0.1) is 16.0 Å². The van der Waals surface area contributed by atoms with Crippen molar-refractivity contribution in [1.29, 1.82) is 0 Å². The summed E-state index contributed by atoms with van der Waals surface area (Å²) < 4.78 is 0. The van der Waals surface area contributed by atoms with Crippen LogP contribution in [0.25, 0.3) is 0 Å². The monoisotopic (exact) mass is 400 g/mol. The van der Waals surface area contributed by atoms with Gasteiger partial charge in [0.2, 0.25) is 5.54 Å². The number of hydrogen-bond donors (Lipinski definition) is 1. The second-order valence-corrected chi connectivity index (χ2v) is 7.78. The Kier molecular flexibility index (Phi) is 5.65. The molecule has 0 fully saturated rings. The van der Waals surface area contributed by atoms with Gasteiger partial charge in [0.25, 0.3) is 0 Å². The van der Waals surface area contributed by atoms with E-state index in [-0.39, 0.29) is 29.8 Å². The maximum Gasteiger partial charge on any atom is 0.342 e. The van der Waals surface area contributed by atoms with E-state index < -0.39 is 5.54 Å². The number of urea groups is 1. The number of nitro groups is 1. The van der Waals surface area contributed by atoms with Crippen LogP contribution in [-0.4, -0.2) is 33.8 Å². The van der Waals surface area contributed by atoms with Crippen molar-refractivity contribution in [2.45, 2.75) is 25.8 Å². The van der Waals surface area contributed by atoms with Crippen molar-refractivity contribution < 1.29 is 9.72 Å². The van der Waals surface area contributed by atoms with Gasteiger partial charge in [-0.25, -0.2) is 9.80 Å². The molecule has 0 saturated heterocycles. The topological polar surface area (TPSA) is 87.8 Å². The lowest BCUT2D eigenvalue weighted by Gasteiger charge is -2.21. The molecule has 1 heterocycles. The minimum Gasteiger partial charge on any atom is -0.306 e. The van der Waals surface area contributed by atoms with Gasteiger partial charge in [0, 0.05) is 41.8 Å². The third-order valence-electron chi connectivity index (χ3n) is 4.65. The van der Waals surface area contributed by atoms with E-state index in [4.69, 9.17) is 11.6 Å². The summed E-state index contributed by atoms with van der Waals surface area (Å²) in [5.74, 6) is -0.261. The SMILES string of the molecule is CC(C)(CC1CN(C(=O)Nc2ccccc2)N=C1c1ccc(Cl)cc1)[N+](=O)[O-]. The van der Waals surface area contributed by atoms with E-state index in [9.17, 15) is 14.9 Å². The minimum absolute atomic E-state index is 0.260. The summed E-state index contributed by atoms with van der Waals surface area (Å²) in [4.78, 5) is 23.8. The third kappa shape index (κ3) is 4.48. The maximum absolute atomic E-state index is 12.6. The van der Waals surface area contributed by atoms with Gasteiger partial charge in [0.15, 0.2) is 0 Å². The molecule has 0 saturated carbocycles. The summed E-state index contributed by atoms with van der Waals surface area (Å²) in [5, 5.41) is 20.6. The first kappa shape index (κ1) is 19.8. The zero-order valence-corrected chi connectivity index (χ0v) is 16.4. The fourth-order valence-electron chi connectivity index (χ4n) is 3.14. The number of anilines is 1. The molecular weight excluding hydrogens is 380 g/mol. The fourth-order valence-corrected chi connectivity index (χ4v) is 3.26. The Morgan fingerprint density at radius 3 is 2.50 bits per heavy atom. The van der Waals surface area contributed by atoms with E-state index in [1.807, 2.05) is 30.3 Å². The van der Waals surface area contributed by atoms with Gasteiger partial charge in [0.1, 0.15) is 0 Å². The Bertz CT molecular complexity index is 897. The van der Waals surface area contributed by atoms with Gasteiger partial charge in [-0.1, -0.05) is 41.9 Å². The van der Waals surface area contributed by atoms with Gasteiger partial charge in [-0.05, 0) is 29.8 Å². The minimum atomic E-state index is -1.14. The van der Waals surface area contributed by atoms with Crippen molar-refractivity contribution >= 4 is 29.0 Å². The number of rotatable bonds is 5. The van der Waals surface area contributed by atoms with Gasteiger partial charge < -0.3 is 5.32 Å². The quantitative estimate of drug-likeness (QED) is 0.585. The molecule has 1 N–H and O–H groups in total. The predicted molar refractivity (Wildman–Crippen MR) is 109 cm³/mol. The smallest absolute Gasteiger partial charge is 0.306 e. The molecule has 146 valence electrons. The Morgan fingerprint density at radius 2 is 1.89 bits per heavy atom. The molecule has 0 radical (unpaired) electrons. The molecule has 2 aromatic rings. The van der Waals surface area contributed by atoms with Crippen LogP contribution in [0.5, 0.6) is 0 Å². The molecule has 0 aliphatic carbocycles. The average molecular weight is 401 g/mol. The first-order valence-corrected chi connectivity index (χ1v) is 9.26. The number of amides is 2. The second-order valence-electron chi connectivity index (χ2n) is 7.34. The molecule has 0 bridgehead atoms. The van der Waals surface area contributed by atoms with Crippen molar-refractivity contribution in [3.05, 3.63) is 75.3 Å². The standard InChI is InChI=1S/C20H21ClN4O3/c1-20(2,25(27)28)12-15-13-24(19(26)22-17-6-4-3-5-7-17)23-18(15)14-8-10-16(21)11-9-14/h3-11,15H,12-13H2,1-2H3,(H,22,26). The van der Waals surface area contributed by atoms with Crippen LogP contribution in [0.2, 0.25) is 5.02 Å². The average Bonchev–Trinajstić information content (AvgIpc) is 3.06. The molecule has 1 aliphatic rings. The number of hydrazone groups is 1. The molecule has 28 heavy (non-hydrogen) atoms. The number of para-hydroxylation sites is 1. The Balaban J connectivity index is 1.85. The largest absolute Gasteiger partial charge is 0.342 e. The number of carbonyl (C=O) groups is 1. The summed E-state index contributed by atoms with van der Waals surface area (Å²) in [6, 6.07) is 15.8. The van der Waals surface area contributed by atoms with Gasteiger partial charge in [-0.3, -0.25) is 10.1 Å². The van der Waals surface area contributed by atoms with Gasteiger partial charge in [0.05, 0.1) is 12.3 Å². The summed E-state index contributed by atoms with van der Waals surface area (Å²) in [6.45, 7) is 3.44. The second kappa shape index (κ2) is 7.98. The Hall–Kier alpha value is -2.93. The molecule has 2 aromatic carbocycles. The van der Waals surface area contributed by atoms with Crippen molar-refractivity contribution in [2.24, 2.45) is 11.0 Å². The van der Waals surface area contributed by atoms with Crippen molar-refractivity contribution in [2.75, 3.05) is 11.9 Å². The molecule has 2 amide bonds. The molecule has 1 atom stereocenters. The molecule has 3 rings (SSSR count). The normalized spacial score (nSPS) is 16.6. The number of nitrogens with one attached hydrogen (secondary N) is 1. The van der Waals surface area contributed by atoms with E-state index in [0.29, 0.717) is 16.4 Å².